The average Bonchev–Trinajstić information content (AvgIpc) is 2.92. The van der Waals surface area contributed by atoms with Crippen LogP contribution in [0.25, 0.3) is 22.6 Å². The van der Waals surface area contributed by atoms with Gasteiger partial charge < -0.3 is 10.3 Å². The van der Waals surface area contributed by atoms with Crippen molar-refractivity contribution in [2.24, 2.45) is 0 Å². The highest BCUT2D eigenvalue weighted by atomic mass is 15.0. The molecule has 0 saturated carbocycles. The summed E-state index contributed by atoms with van der Waals surface area (Å²) in [4.78, 5) is 12.3. The van der Waals surface area contributed by atoms with Crippen molar-refractivity contribution in [3.63, 3.8) is 0 Å². The Labute approximate surface area is 117 Å². The van der Waals surface area contributed by atoms with Crippen LogP contribution in [-0.4, -0.2) is 21.5 Å². The third-order valence-corrected chi connectivity index (χ3v) is 3.97. The van der Waals surface area contributed by atoms with E-state index in [0.717, 1.165) is 42.1 Å². The molecule has 0 atom stereocenters. The molecule has 4 nitrogen and oxygen atoms in total. The summed E-state index contributed by atoms with van der Waals surface area (Å²) in [5.41, 5.74) is 6.93. The number of aromatic amines is 1. The van der Waals surface area contributed by atoms with E-state index in [1.54, 1.807) is 6.20 Å². The highest BCUT2D eigenvalue weighted by Gasteiger charge is 2.12. The summed E-state index contributed by atoms with van der Waals surface area (Å²) >= 11 is 0. The largest absolute Gasteiger partial charge is 0.336 e. The second-order valence-corrected chi connectivity index (χ2v) is 5.32. The first-order chi connectivity index (χ1) is 9.81. The number of rotatable bonds is 1. The van der Waals surface area contributed by atoms with Crippen molar-refractivity contribution >= 4 is 11.2 Å². The van der Waals surface area contributed by atoms with Crippen LogP contribution >= 0.6 is 0 Å². The van der Waals surface area contributed by atoms with E-state index in [1.165, 1.54) is 16.7 Å². The van der Waals surface area contributed by atoms with Crippen LogP contribution in [0.15, 0.2) is 30.5 Å². The van der Waals surface area contributed by atoms with E-state index in [4.69, 9.17) is 0 Å². The Hall–Kier alpha value is -2.20. The van der Waals surface area contributed by atoms with Gasteiger partial charge in [0.05, 0.1) is 5.52 Å². The predicted molar refractivity (Wildman–Crippen MR) is 79.5 cm³/mol. The van der Waals surface area contributed by atoms with Gasteiger partial charge in [-0.1, -0.05) is 12.1 Å². The number of imidazole rings is 1. The lowest BCUT2D eigenvalue weighted by Gasteiger charge is -2.17. The van der Waals surface area contributed by atoms with Crippen LogP contribution in [0.5, 0.6) is 0 Å². The molecule has 2 N–H and O–H groups in total. The molecule has 0 amide bonds. The molecule has 0 bridgehead atoms. The summed E-state index contributed by atoms with van der Waals surface area (Å²) in [6, 6.07) is 8.60. The second kappa shape index (κ2) is 4.42. The van der Waals surface area contributed by atoms with Gasteiger partial charge in [0, 0.05) is 18.3 Å². The predicted octanol–water partition coefficient (Wildman–Crippen LogP) is 2.58. The molecule has 0 unspecified atom stereocenters. The smallest absolute Gasteiger partial charge is 0.178 e. The Morgan fingerprint density at radius 2 is 2.10 bits per heavy atom. The monoisotopic (exact) mass is 264 g/mol. The maximum Gasteiger partial charge on any atom is 0.178 e. The molecular formula is C16H16N4. The molecule has 0 fully saturated rings. The first-order valence-electron chi connectivity index (χ1n) is 6.95. The van der Waals surface area contributed by atoms with Crippen LogP contribution in [0, 0.1) is 6.92 Å². The number of fused-ring (bicyclic) bond motifs is 2. The molecule has 4 rings (SSSR count). The Bertz CT molecular complexity index is 788. The van der Waals surface area contributed by atoms with Crippen molar-refractivity contribution in [1.82, 2.24) is 20.3 Å². The van der Waals surface area contributed by atoms with Crippen molar-refractivity contribution in [1.29, 1.82) is 0 Å². The third-order valence-electron chi connectivity index (χ3n) is 3.97. The molecule has 3 heterocycles. The lowest BCUT2D eigenvalue weighted by Crippen LogP contribution is -2.23. The highest BCUT2D eigenvalue weighted by molar-refractivity contribution is 5.78. The Morgan fingerprint density at radius 1 is 1.15 bits per heavy atom. The van der Waals surface area contributed by atoms with E-state index in [0.29, 0.717) is 0 Å². The Balaban J connectivity index is 1.84. The van der Waals surface area contributed by atoms with Crippen molar-refractivity contribution in [2.45, 2.75) is 19.9 Å². The van der Waals surface area contributed by atoms with Gasteiger partial charge in [-0.05, 0) is 48.7 Å². The van der Waals surface area contributed by atoms with Gasteiger partial charge in [0.1, 0.15) is 5.82 Å². The van der Waals surface area contributed by atoms with Crippen molar-refractivity contribution in [3.05, 3.63) is 47.2 Å². The molecule has 1 aliphatic heterocycles. The SMILES string of the molecule is Cc1ccnc2nc(-c3ccc4c(c3)CNCC4)[nH]c12. The first-order valence-corrected chi connectivity index (χ1v) is 6.95. The van der Waals surface area contributed by atoms with Gasteiger partial charge in [-0.15, -0.1) is 0 Å². The van der Waals surface area contributed by atoms with Gasteiger partial charge in [-0.3, -0.25) is 0 Å². The normalized spacial score (nSPS) is 14.4. The number of hydrogen-bond donors (Lipinski definition) is 2. The van der Waals surface area contributed by atoms with Crippen LogP contribution in [0.3, 0.4) is 0 Å². The molecule has 1 aromatic carbocycles. The zero-order valence-electron chi connectivity index (χ0n) is 11.4. The summed E-state index contributed by atoms with van der Waals surface area (Å²) in [5, 5.41) is 3.41. The Kier molecular flexibility index (Phi) is 2.57. The van der Waals surface area contributed by atoms with Gasteiger partial charge >= 0.3 is 0 Å². The number of H-pyrrole nitrogens is 1. The van der Waals surface area contributed by atoms with Crippen molar-refractivity contribution in [2.75, 3.05) is 6.54 Å². The van der Waals surface area contributed by atoms with E-state index < -0.39 is 0 Å². The van der Waals surface area contributed by atoms with Crippen LogP contribution in [0.2, 0.25) is 0 Å². The summed E-state index contributed by atoms with van der Waals surface area (Å²) in [7, 11) is 0. The van der Waals surface area contributed by atoms with Crippen LogP contribution in [0.4, 0.5) is 0 Å². The second-order valence-electron chi connectivity index (χ2n) is 5.32. The summed E-state index contributed by atoms with van der Waals surface area (Å²) < 4.78 is 0. The molecule has 100 valence electrons. The minimum Gasteiger partial charge on any atom is -0.336 e. The quantitative estimate of drug-likeness (QED) is 0.710. The number of nitrogens with zero attached hydrogens (tertiary/aromatic N) is 2. The number of aryl methyl sites for hydroxylation is 1. The molecule has 2 aromatic heterocycles. The molecule has 0 radical (unpaired) electrons. The summed E-state index contributed by atoms with van der Waals surface area (Å²) in [6.45, 7) is 4.09. The molecular weight excluding hydrogens is 248 g/mol. The summed E-state index contributed by atoms with van der Waals surface area (Å²) in [6.07, 6.45) is 2.91. The number of hydrogen-bond acceptors (Lipinski definition) is 3. The number of aromatic nitrogens is 3. The summed E-state index contributed by atoms with van der Waals surface area (Å²) in [5.74, 6) is 0.898. The minimum absolute atomic E-state index is 0.788. The third kappa shape index (κ3) is 1.80. The van der Waals surface area contributed by atoms with Crippen LogP contribution in [-0.2, 0) is 13.0 Å². The van der Waals surface area contributed by atoms with Gasteiger partial charge in [-0.25, -0.2) is 9.97 Å². The minimum atomic E-state index is 0.788. The average molecular weight is 264 g/mol. The van der Waals surface area contributed by atoms with Crippen LogP contribution < -0.4 is 5.32 Å². The fraction of sp³-hybridized carbons (Fsp3) is 0.250. The van der Waals surface area contributed by atoms with E-state index in [-0.39, 0.29) is 0 Å². The van der Waals surface area contributed by atoms with Gasteiger partial charge in [-0.2, -0.15) is 0 Å². The zero-order valence-corrected chi connectivity index (χ0v) is 11.4. The van der Waals surface area contributed by atoms with Crippen molar-refractivity contribution < 1.29 is 0 Å². The van der Waals surface area contributed by atoms with Gasteiger partial charge in [0.2, 0.25) is 0 Å². The molecule has 0 saturated heterocycles. The number of pyridine rings is 1. The zero-order chi connectivity index (χ0) is 13.5. The van der Waals surface area contributed by atoms with E-state index in [2.05, 4.69) is 45.4 Å². The molecule has 20 heavy (non-hydrogen) atoms. The lowest BCUT2D eigenvalue weighted by atomic mass is 9.98. The maximum atomic E-state index is 4.61. The van der Waals surface area contributed by atoms with E-state index in [9.17, 15) is 0 Å². The Morgan fingerprint density at radius 3 is 3.00 bits per heavy atom. The molecule has 1 aliphatic rings. The number of nitrogens with one attached hydrogen (secondary N) is 2. The fourth-order valence-electron chi connectivity index (χ4n) is 2.80. The van der Waals surface area contributed by atoms with Crippen molar-refractivity contribution in [3.8, 4) is 11.4 Å². The maximum absolute atomic E-state index is 4.61. The lowest BCUT2D eigenvalue weighted by molar-refractivity contribution is 0.644. The van der Waals surface area contributed by atoms with Crippen LogP contribution in [0.1, 0.15) is 16.7 Å². The fourth-order valence-corrected chi connectivity index (χ4v) is 2.80. The molecule has 0 aliphatic carbocycles. The highest BCUT2D eigenvalue weighted by Crippen LogP contribution is 2.24. The molecule has 0 spiro atoms. The number of benzene rings is 1. The standard InChI is InChI=1S/C16H16N4/c1-10-4-7-18-16-14(10)19-15(20-16)12-3-2-11-5-6-17-9-13(11)8-12/h2-4,7-8,17H,5-6,9H2,1H3,(H,18,19,20). The first kappa shape index (κ1) is 11.6. The van der Waals surface area contributed by atoms with E-state index in [1.807, 2.05) is 6.07 Å². The van der Waals surface area contributed by atoms with Gasteiger partial charge in [0.25, 0.3) is 0 Å². The van der Waals surface area contributed by atoms with Gasteiger partial charge in [0.15, 0.2) is 5.65 Å². The van der Waals surface area contributed by atoms with E-state index >= 15 is 0 Å². The molecule has 4 heteroatoms. The molecule has 3 aromatic rings. The topological polar surface area (TPSA) is 53.6 Å².